The van der Waals surface area contributed by atoms with E-state index in [2.05, 4.69) is 26.8 Å². The van der Waals surface area contributed by atoms with Crippen molar-refractivity contribution in [2.75, 3.05) is 6.79 Å². The van der Waals surface area contributed by atoms with Gasteiger partial charge < -0.3 is 9.47 Å². The van der Waals surface area contributed by atoms with Gasteiger partial charge in [-0.1, -0.05) is 26.8 Å². The van der Waals surface area contributed by atoms with E-state index in [0.29, 0.717) is 5.92 Å². The fourth-order valence-corrected chi connectivity index (χ4v) is 2.98. The molecule has 0 amide bonds. The molecule has 1 heterocycles. The predicted molar refractivity (Wildman–Crippen MR) is 72.0 cm³/mol. The first-order valence-electron chi connectivity index (χ1n) is 6.76. The Balaban J connectivity index is 1.87. The van der Waals surface area contributed by atoms with Gasteiger partial charge in [-0.25, -0.2) is 0 Å². The van der Waals surface area contributed by atoms with Gasteiger partial charge in [-0.3, -0.25) is 0 Å². The van der Waals surface area contributed by atoms with Crippen molar-refractivity contribution in [3.05, 3.63) is 23.8 Å². The summed E-state index contributed by atoms with van der Waals surface area (Å²) in [5.74, 6) is 2.16. The molecule has 1 aliphatic carbocycles. The third-order valence-corrected chi connectivity index (χ3v) is 4.55. The van der Waals surface area contributed by atoms with E-state index < -0.39 is 0 Å². The molecule has 1 aromatic carbocycles. The number of ether oxygens (including phenoxy) is 2. The van der Waals surface area contributed by atoms with Crippen LogP contribution in [0.25, 0.3) is 0 Å². The zero-order valence-electron chi connectivity index (χ0n) is 11.7. The van der Waals surface area contributed by atoms with Crippen molar-refractivity contribution in [2.45, 2.75) is 39.0 Å². The second kappa shape index (κ2) is 3.90. The Kier molecular flexibility index (Phi) is 2.53. The van der Waals surface area contributed by atoms with E-state index in [4.69, 9.17) is 9.47 Å². The molecular formula is C16H19NO2. The lowest BCUT2D eigenvalue weighted by Crippen LogP contribution is -2.45. The van der Waals surface area contributed by atoms with Crippen molar-refractivity contribution in [2.24, 2.45) is 11.3 Å². The van der Waals surface area contributed by atoms with Gasteiger partial charge in [0.2, 0.25) is 6.79 Å². The minimum atomic E-state index is -0.334. The van der Waals surface area contributed by atoms with Gasteiger partial charge in [0.05, 0.1) is 11.5 Å². The second-order valence-electron chi connectivity index (χ2n) is 6.73. The molecule has 0 atom stereocenters. The van der Waals surface area contributed by atoms with Crippen LogP contribution in [0.2, 0.25) is 0 Å². The van der Waals surface area contributed by atoms with Crippen LogP contribution < -0.4 is 9.47 Å². The fraction of sp³-hybridized carbons (Fsp3) is 0.562. The SMILES string of the molecule is CC(C)(C)C1CC(C#N)(c2ccc3c(c2)OCO3)C1. The molecule has 19 heavy (non-hydrogen) atoms. The average Bonchev–Trinajstić information content (AvgIpc) is 2.73. The van der Waals surface area contributed by atoms with Gasteiger partial charge >= 0.3 is 0 Å². The van der Waals surface area contributed by atoms with Crippen molar-refractivity contribution in [3.8, 4) is 17.6 Å². The molecule has 3 rings (SSSR count). The molecule has 0 saturated heterocycles. The van der Waals surface area contributed by atoms with E-state index in [1.165, 1.54) is 0 Å². The number of nitriles is 1. The van der Waals surface area contributed by atoms with Crippen LogP contribution in [-0.4, -0.2) is 6.79 Å². The van der Waals surface area contributed by atoms with Crippen molar-refractivity contribution in [1.82, 2.24) is 0 Å². The summed E-state index contributed by atoms with van der Waals surface area (Å²) in [5, 5.41) is 9.60. The van der Waals surface area contributed by atoms with Crippen LogP contribution in [0, 0.1) is 22.7 Å². The summed E-state index contributed by atoms with van der Waals surface area (Å²) in [6.45, 7) is 7.03. The molecule has 1 aliphatic heterocycles. The summed E-state index contributed by atoms with van der Waals surface area (Å²) in [6, 6.07) is 8.43. The van der Waals surface area contributed by atoms with Crippen molar-refractivity contribution in [1.29, 1.82) is 5.26 Å². The topological polar surface area (TPSA) is 42.2 Å². The third kappa shape index (κ3) is 1.87. The van der Waals surface area contributed by atoms with Crippen molar-refractivity contribution >= 4 is 0 Å². The summed E-state index contributed by atoms with van der Waals surface area (Å²) >= 11 is 0. The van der Waals surface area contributed by atoms with E-state index in [1.807, 2.05) is 18.2 Å². The summed E-state index contributed by atoms with van der Waals surface area (Å²) in [6.07, 6.45) is 1.87. The molecule has 0 unspecified atom stereocenters. The molecule has 0 radical (unpaired) electrons. The Bertz CT molecular complexity index is 545. The molecule has 1 fully saturated rings. The fourth-order valence-electron chi connectivity index (χ4n) is 2.98. The number of fused-ring (bicyclic) bond motifs is 1. The Hall–Kier alpha value is -1.69. The highest BCUT2D eigenvalue weighted by Gasteiger charge is 2.50. The quantitative estimate of drug-likeness (QED) is 0.771. The Morgan fingerprint density at radius 3 is 2.53 bits per heavy atom. The van der Waals surface area contributed by atoms with Crippen LogP contribution in [0.1, 0.15) is 39.2 Å². The first kappa shape index (κ1) is 12.3. The Morgan fingerprint density at radius 2 is 1.89 bits per heavy atom. The van der Waals surface area contributed by atoms with Gasteiger partial charge in [-0.15, -0.1) is 0 Å². The average molecular weight is 257 g/mol. The molecule has 0 N–H and O–H groups in total. The Labute approximate surface area is 114 Å². The highest BCUT2D eigenvalue weighted by Crippen LogP contribution is 2.55. The summed E-state index contributed by atoms with van der Waals surface area (Å²) in [4.78, 5) is 0. The molecule has 2 aliphatic rings. The van der Waals surface area contributed by atoms with E-state index in [1.54, 1.807) is 0 Å². The van der Waals surface area contributed by atoms with Gasteiger partial charge in [-0.2, -0.15) is 5.26 Å². The summed E-state index contributed by atoms with van der Waals surface area (Å²) < 4.78 is 10.7. The van der Waals surface area contributed by atoms with Crippen LogP contribution >= 0.6 is 0 Å². The van der Waals surface area contributed by atoms with E-state index in [9.17, 15) is 5.26 Å². The zero-order chi connectivity index (χ0) is 13.7. The largest absolute Gasteiger partial charge is 0.454 e. The number of rotatable bonds is 1. The highest BCUT2D eigenvalue weighted by atomic mass is 16.7. The summed E-state index contributed by atoms with van der Waals surface area (Å²) in [5.41, 5.74) is 1.01. The number of hydrogen-bond acceptors (Lipinski definition) is 3. The first-order valence-corrected chi connectivity index (χ1v) is 6.76. The van der Waals surface area contributed by atoms with E-state index in [0.717, 1.165) is 29.9 Å². The van der Waals surface area contributed by atoms with Gasteiger partial charge in [0.1, 0.15) is 0 Å². The highest BCUT2D eigenvalue weighted by molar-refractivity contribution is 5.49. The molecule has 0 spiro atoms. The lowest BCUT2D eigenvalue weighted by Gasteiger charge is -2.49. The lowest BCUT2D eigenvalue weighted by atomic mass is 9.53. The van der Waals surface area contributed by atoms with Crippen LogP contribution in [0.5, 0.6) is 11.5 Å². The molecular weight excluding hydrogens is 238 g/mol. The second-order valence-corrected chi connectivity index (χ2v) is 6.73. The van der Waals surface area contributed by atoms with E-state index in [-0.39, 0.29) is 17.6 Å². The Morgan fingerprint density at radius 1 is 1.21 bits per heavy atom. The maximum Gasteiger partial charge on any atom is 0.231 e. The molecule has 3 heteroatoms. The number of hydrogen-bond donors (Lipinski definition) is 0. The maximum atomic E-state index is 9.60. The van der Waals surface area contributed by atoms with Crippen LogP contribution in [0.3, 0.4) is 0 Å². The molecule has 100 valence electrons. The minimum absolute atomic E-state index is 0.274. The standard InChI is InChI=1S/C16H19NO2/c1-15(2,3)12-7-16(8-12,9-17)11-4-5-13-14(6-11)19-10-18-13/h4-6,12H,7-8,10H2,1-3H3. The van der Waals surface area contributed by atoms with E-state index >= 15 is 0 Å². The zero-order valence-corrected chi connectivity index (χ0v) is 11.7. The van der Waals surface area contributed by atoms with Crippen molar-refractivity contribution < 1.29 is 9.47 Å². The van der Waals surface area contributed by atoms with Crippen LogP contribution in [0.4, 0.5) is 0 Å². The molecule has 0 aromatic heterocycles. The van der Waals surface area contributed by atoms with Gasteiger partial charge in [0.25, 0.3) is 0 Å². The smallest absolute Gasteiger partial charge is 0.231 e. The predicted octanol–water partition coefficient (Wildman–Crippen LogP) is 3.63. The van der Waals surface area contributed by atoms with Crippen LogP contribution in [-0.2, 0) is 5.41 Å². The van der Waals surface area contributed by atoms with Crippen LogP contribution in [0.15, 0.2) is 18.2 Å². The van der Waals surface area contributed by atoms with Gasteiger partial charge in [-0.05, 0) is 41.9 Å². The molecule has 0 bridgehead atoms. The molecule has 3 nitrogen and oxygen atoms in total. The minimum Gasteiger partial charge on any atom is -0.454 e. The molecule has 1 saturated carbocycles. The molecule has 1 aromatic rings. The first-order chi connectivity index (χ1) is 8.94. The normalized spacial score (nSPS) is 28.6. The number of nitrogens with zero attached hydrogens (tertiary/aromatic N) is 1. The monoisotopic (exact) mass is 257 g/mol. The van der Waals surface area contributed by atoms with Gasteiger partial charge in [0.15, 0.2) is 11.5 Å². The maximum absolute atomic E-state index is 9.60. The lowest BCUT2D eigenvalue weighted by molar-refractivity contribution is 0.0781. The summed E-state index contributed by atoms with van der Waals surface area (Å²) in [7, 11) is 0. The third-order valence-electron chi connectivity index (χ3n) is 4.55. The number of benzene rings is 1. The van der Waals surface area contributed by atoms with Crippen molar-refractivity contribution in [3.63, 3.8) is 0 Å². The van der Waals surface area contributed by atoms with Gasteiger partial charge in [0, 0.05) is 0 Å².